The lowest BCUT2D eigenvalue weighted by Gasteiger charge is -1.98. The SMILES string of the molecule is O=C(O)CCc1[nH]c(Br)nc1-c1ccc[nH]1. The molecule has 0 aliphatic carbocycles. The second kappa shape index (κ2) is 4.52. The normalized spacial score (nSPS) is 10.6. The molecule has 0 saturated heterocycles. The van der Waals surface area contributed by atoms with E-state index in [-0.39, 0.29) is 6.42 Å². The molecular formula is C10H10BrN3O2. The molecule has 6 heteroatoms. The zero-order valence-electron chi connectivity index (χ0n) is 8.33. The number of carboxylic acid groups (broad SMARTS) is 1. The van der Waals surface area contributed by atoms with Gasteiger partial charge in [-0.05, 0) is 28.1 Å². The Morgan fingerprint density at radius 3 is 3.00 bits per heavy atom. The minimum atomic E-state index is -0.817. The molecule has 0 spiro atoms. The first kappa shape index (κ1) is 10.9. The van der Waals surface area contributed by atoms with Crippen LogP contribution in [-0.2, 0) is 11.2 Å². The minimum Gasteiger partial charge on any atom is -0.481 e. The van der Waals surface area contributed by atoms with Crippen molar-refractivity contribution in [3.63, 3.8) is 0 Å². The molecule has 16 heavy (non-hydrogen) atoms. The number of carbonyl (C=O) groups is 1. The van der Waals surface area contributed by atoms with E-state index >= 15 is 0 Å². The van der Waals surface area contributed by atoms with Crippen molar-refractivity contribution in [3.8, 4) is 11.4 Å². The number of imidazole rings is 1. The van der Waals surface area contributed by atoms with Gasteiger partial charge in [-0.3, -0.25) is 4.79 Å². The van der Waals surface area contributed by atoms with Crippen molar-refractivity contribution >= 4 is 21.9 Å². The Bertz CT molecular complexity index is 490. The van der Waals surface area contributed by atoms with Crippen LogP contribution in [0, 0.1) is 0 Å². The van der Waals surface area contributed by atoms with E-state index in [2.05, 4.69) is 30.9 Å². The Morgan fingerprint density at radius 1 is 1.56 bits per heavy atom. The van der Waals surface area contributed by atoms with E-state index in [0.717, 1.165) is 17.1 Å². The maximum absolute atomic E-state index is 10.5. The van der Waals surface area contributed by atoms with Gasteiger partial charge in [-0.15, -0.1) is 0 Å². The van der Waals surface area contributed by atoms with Crippen molar-refractivity contribution in [2.24, 2.45) is 0 Å². The highest BCUT2D eigenvalue weighted by Crippen LogP contribution is 2.22. The summed E-state index contributed by atoms with van der Waals surface area (Å²) >= 11 is 3.25. The van der Waals surface area contributed by atoms with Crippen molar-refractivity contribution in [2.45, 2.75) is 12.8 Å². The Kier molecular flexibility index (Phi) is 3.09. The molecule has 0 amide bonds. The molecule has 0 aromatic carbocycles. The maximum Gasteiger partial charge on any atom is 0.303 e. The number of hydrogen-bond acceptors (Lipinski definition) is 2. The number of nitrogens with zero attached hydrogens (tertiary/aromatic N) is 1. The molecule has 0 aliphatic heterocycles. The first-order valence-corrected chi connectivity index (χ1v) is 5.56. The van der Waals surface area contributed by atoms with Crippen molar-refractivity contribution < 1.29 is 9.90 Å². The van der Waals surface area contributed by atoms with Crippen LogP contribution in [0.25, 0.3) is 11.4 Å². The predicted octanol–water partition coefficient (Wildman–Crippen LogP) is 2.18. The number of H-pyrrole nitrogens is 2. The fourth-order valence-electron chi connectivity index (χ4n) is 1.49. The lowest BCUT2D eigenvalue weighted by atomic mass is 10.1. The third kappa shape index (κ3) is 2.33. The zero-order valence-corrected chi connectivity index (χ0v) is 9.91. The van der Waals surface area contributed by atoms with E-state index in [1.807, 2.05) is 12.1 Å². The summed E-state index contributed by atoms with van der Waals surface area (Å²) in [5, 5.41) is 8.65. The van der Waals surface area contributed by atoms with Crippen molar-refractivity contribution in [1.82, 2.24) is 15.0 Å². The number of aromatic amines is 2. The molecule has 0 atom stereocenters. The number of aromatic nitrogens is 3. The zero-order chi connectivity index (χ0) is 11.5. The fraction of sp³-hybridized carbons (Fsp3) is 0.200. The van der Waals surface area contributed by atoms with Crippen LogP contribution in [0.1, 0.15) is 12.1 Å². The molecule has 0 unspecified atom stereocenters. The molecule has 0 saturated carbocycles. The van der Waals surface area contributed by atoms with Crippen LogP contribution in [0.5, 0.6) is 0 Å². The molecule has 2 rings (SSSR count). The van der Waals surface area contributed by atoms with E-state index in [1.165, 1.54) is 0 Å². The van der Waals surface area contributed by atoms with Gasteiger partial charge in [-0.2, -0.15) is 0 Å². The number of halogens is 1. The Hall–Kier alpha value is -1.56. The van der Waals surface area contributed by atoms with Gasteiger partial charge < -0.3 is 15.1 Å². The van der Waals surface area contributed by atoms with Crippen LogP contribution in [0.4, 0.5) is 0 Å². The smallest absolute Gasteiger partial charge is 0.303 e. The summed E-state index contributed by atoms with van der Waals surface area (Å²) in [5.74, 6) is -0.817. The van der Waals surface area contributed by atoms with Gasteiger partial charge in [-0.1, -0.05) is 0 Å². The number of aliphatic carboxylic acids is 1. The van der Waals surface area contributed by atoms with Gasteiger partial charge in [0.15, 0.2) is 4.73 Å². The number of nitrogens with one attached hydrogen (secondary N) is 2. The molecule has 0 aliphatic rings. The monoisotopic (exact) mass is 283 g/mol. The lowest BCUT2D eigenvalue weighted by Crippen LogP contribution is -1.99. The summed E-state index contributed by atoms with van der Waals surface area (Å²) in [6.07, 6.45) is 2.32. The number of carboxylic acids is 1. The van der Waals surface area contributed by atoms with E-state index in [1.54, 1.807) is 6.20 Å². The highest BCUT2D eigenvalue weighted by molar-refractivity contribution is 9.10. The van der Waals surface area contributed by atoms with Crippen LogP contribution in [0.15, 0.2) is 23.1 Å². The second-order valence-corrected chi connectivity index (χ2v) is 4.08. The molecule has 0 fully saturated rings. The van der Waals surface area contributed by atoms with Crippen LogP contribution in [0.2, 0.25) is 0 Å². The molecule has 0 radical (unpaired) electrons. The van der Waals surface area contributed by atoms with Crippen LogP contribution < -0.4 is 0 Å². The lowest BCUT2D eigenvalue weighted by molar-refractivity contribution is -0.136. The highest BCUT2D eigenvalue weighted by Gasteiger charge is 2.12. The summed E-state index contributed by atoms with van der Waals surface area (Å²) in [4.78, 5) is 20.8. The van der Waals surface area contributed by atoms with Gasteiger partial charge in [0.25, 0.3) is 0 Å². The predicted molar refractivity (Wildman–Crippen MR) is 62.0 cm³/mol. The molecule has 2 heterocycles. The van der Waals surface area contributed by atoms with Crippen LogP contribution in [-0.4, -0.2) is 26.0 Å². The van der Waals surface area contributed by atoms with Gasteiger partial charge in [0.2, 0.25) is 0 Å². The second-order valence-electron chi connectivity index (χ2n) is 3.33. The first-order chi connectivity index (χ1) is 7.66. The molecule has 2 aromatic rings. The summed E-state index contributed by atoms with van der Waals surface area (Å²) in [5.41, 5.74) is 2.46. The quantitative estimate of drug-likeness (QED) is 0.804. The van der Waals surface area contributed by atoms with Gasteiger partial charge in [-0.25, -0.2) is 4.98 Å². The topological polar surface area (TPSA) is 81.8 Å². The highest BCUT2D eigenvalue weighted by atomic mass is 79.9. The summed E-state index contributed by atoms with van der Waals surface area (Å²) in [6, 6.07) is 3.77. The van der Waals surface area contributed by atoms with Gasteiger partial charge in [0, 0.05) is 18.3 Å². The molecule has 0 bridgehead atoms. The summed E-state index contributed by atoms with van der Waals surface area (Å²) in [6.45, 7) is 0. The van der Waals surface area contributed by atoms with Gasteiger partial charge >= 0.3 is 5.97 Å². The average Bonchev–Trinajstić information content (AvgIpc) is 2.82. The van der Waals surface area contributed by atoms with Crippen molar-refractivity contribution in [2.75, 3.05) is 0 Å². The third-order valence-electron chi connectivity index (χ3n) is 2.19. The van der Waals surface area contributed by atoms with Crippen molar-refractivity contribution in [3.05, 3.63) is 28.8 Å². The van der Waals surface area contributed by atoms with E-state index in [4.69, 9.17) is 5.11 Å². The number of hydrogen-bond donors (Lipinski definition) is 3. The molecule has 5 nitrogen and oxygen atoms in total. The Morgan fingerprint density at radius 2 is 2.38 bits per heavy atom. The molecular weight excluding hydrogens is 274 g/mol. The standard InChI is InChI=1S/C10H10BrN3O2/c11-10-13-7(3-4-8(15)16)9(14-10)6-2-1-5-12-6/h1-2,5,12H,3-4H2,(H,13,14)(H,15,16). The Labute approximate surface area is 100 Å². The fourth-order valence-corrected chi connectivity index (χ4v) is 1.91. The third-order valence-corrected chi connectivity index (χ3v) is 2.57. The Balaban J connectivity index is 2.27. The maximum atomic E-state index is 10.5. The largest absolute Gasteiger partial charge is 0.481 e. The van der Waals surface area contributed by atoms with Crippen molar-refractivity contribution in [1.29, 1.82) is 0 Å². The van der Waals surface area contributed by atoms with Gasteiger partial charge in [0.05, 0.1) is 12.1 Å². The number of rotatable bonds is 4. The van der Waals surface area contributed by atoms with E-state index in [0.29, 0.717) is 11.2 Å². The molecule has 84 valence electrons. The van der Waals surface area contributed by atoms with E-state index < -0.39 is 5.97 Å². The minimum absolute atomic E-state index is 0.0857. The average molecular weight is 284 g/mol. The number of aryl methyl sites for hydroxylation is 1. The molecule has 2 aromatic heterocycles. The van der Waals surface area contributed by atoms with Gasteiger partial charge in [0.1, 0.15) is 5.69 Å². The van der Waals surface area contributed by atoms with E-state index in [9.17, 15) is 4.79 Å². The van der Waals surface area contributed by atoms with Crippen LogP contribution in [0.3, 0.4) is 0 Å². The first-order valence-electron chi connectivity index (χ1n) is 4.77. The molecule has 3 N–H and O–H groups in total. The van der Waals surface area contributed by atoms with Crippen LogP contribution >= 0.6 is 15.9 Å². The summed E-state index contributed by atoms with van der Waals surface area (Å²) < 4.78 is 0.609. The summed E-state index contributed by atoms with van der Waals surface area (Å²) in [7, 11) is 0.